The molecule has 9 nitrogen and oxygen atoms in total. The molecule has 9 heteroatoms. The quantitative estimate of drug-likeness (QED) is 0.714. The summed E-state index contributed by atoms with van der Waals surface area (Å²) in [7, 11) is 0. The van der Waals surface area contributed by atoms with Crippen molar-refractivity contribution < 1.29 is 38.4 Å². The van der Waals surface area contributed by atoms with Gasteiger partial charge in [0.15, 0.2) is 17.3 Å². The van der Waals surface area contributed by atoms with Gasteiger partial charge in [-0.15, -0.1) is 0 Å². The minimum Gasteiger partial charge on any atom is -0.504 e. The third kappa shape index (κ3) is 2.68. The van der Waals surface area contributed by atoms with E-state index in [0.29, 0.717) is 16.9 Å². The average molecular weight is 403 g/mol. The van der Waals surface area contributed by atoms with E-state index in [2.05, 4.69) is 5.32 Å². The van der Waals surface area contributed by atoms with Crippen molar-refractivity contribution in [2.24, 2.45) is 0 Å². The molecule has 154 valence electrons. The van der Waals surface area contributed by atoms with Gasteiger partial charge >= 0.3 is 5.97 Å². The minimum atomic E-state index is -0.905. The highest BCUT2D eigenvalue weighted by Crippen LogP contribution is 2.50. The van der Waals surface area contributed by atoms with Crippen molar-refractivity contribution in [3.05, 3.63) is 23.3 Å². The molecule has 1 aromatic carbocycles. The minimum absolute atomic E-state index is 0.0392. The summed E-state index contributed by atoms with van der Waals surface area (Å²) in [6, 6.07) is 1.13. The van der Waals surface area contributed by atoms with Crippen LogP contribution in [0.3, 0.4) is 0 Å². The fourth-order valence-corrected chi connectivity index (χ4v) is 4.33. The highest BCUT2D eigenvalue weighted by molar-refractivity contribution is 6.07. The van der Waals surface area contributed by atoms with E-state index >= 15 is 0 Å². The maximum absolute atomic E-state index is 12.8. The normalized spacial score (nSPS) is 30.6. The first kappa shape index (κ1) is 18.3. The lowest BCUT2D eigenvalue weighted by molar-refractivity contribution is -0.166. The van der Waals surface area contributed by atoms with E-state index in [-0.39, 0.29) is 36.2 Å². The Morgan fingerprint density at radius 2 is 2.07 bits per heavy atom. The van der Waals surface area contributed by atoms with Crippen molar-refractivity contribution in [2.45, 2.75) is 57.3 Å². The molecule has 0 bridgehead atoms. The number of phenols is 1. The van der Waals surface area contributed by atoms with E-state index in [9.17, 15) is 14.7 Å². The second-order valence-electron chi connectivity index (χ2n) is 7.83. The van der Waals surface area contributed by atoms with E-state index in [1.165, 1.54) is 0 Å². The first-order valence-electron chi connectivity index (χ1n) is 9.52. The van der Waals surface area contributed by atoms with Crippen molar-refractivity contribution in [2.75, 3.05) is 6.79 Å². The van der Waals surface area contributed by atoms with Crippen LogP contribution in [-0.2, 0) is 19.0 Å². The van der Waals surface area contributed by atoms with Crippen LogP contribution in [-0.4, -0.2) is 53.9 Å². The Morgan fingerprint density at radius 3 is 2.83 bits per heavy atom. The maximum Gasteiger partial charge on any atom is 0.306 e. The molecule has 5 rings (SSSR count). The van der Waals surface area contributed by atoms with Crippen molar-refractivity contribution in [1.29, 1.82) is 0 Å². The van der Waals surface area contributed by atoms with Crippen LogP contribution >= 0.6 is 0 Å². The number of hydrogen-bond acceptors (Lipinski definition) is 8. The number of nitrogens with one attached hydrogen (secondary N) is 1. The SMILES string of the molecule is CCC(=O)O[C@H]1C=C2c3cc4c(c(O)c3C(=O)N[C@H]2[C@@H]2OC(C)(C)O[C@@H]21)OCO4. The predicted octanol–water partition coefficient (Wildman–Crippen LogP) is 1.47. The fraction of sp³-hybridized carbons (Fsp3) is 0.500. The Kier molecular flexibility index (Phi) is 3.85. The molecule has 0 unspecified atom stereocenters. The van der Waals surface area contributed by atoms with Crippen molar-refractivity contribution in [3.63, 3.8) is 0 Å². The van der Waals surface area contributed by atoms with Gasteiger partial charge in [0.1, 0.15) is 18.3 Å². The predicted molar refractivity (Wildman–Crippen MR) is 97.5 cm³/mol. The Labute approximate surface area is 166 Å². The Hall–Kier alpha value is -2.78. The van der Waals surface area contributed by atoms with Crippen LogP contribution in [0.4, 0.5) is 0 Å². The van der Waals surface area contributed by atoms with Crippen LogP contribution in [0.25, 0.3) is 5.57 Å². The molecule has 3 aliphatic heterocycles. The third-order valence-electron chi connectivity index (χ3n) is 5.51. The Balaban J connectivity index is 1.65. The highest BCUT2D eigenvalue weighted by Gasteiger charge is 2.55. The number of esters is 1. The molecule has 3 heterocycles. The Morgan fingerprint density at radius 1 is 1.31 bits per heavy atom. The van der Waals surface area contributed by atoms with Crippen LogP contribution in [0.2, 0.25) is 0 Å². The number of carbonyl (C=O) groups is 2. The zero-order chi connectivity index (χ0) is 20.5. The standard InChI is InChI=1S/C20H21NO8/c1-4-12(22)27-11-6-9-8-5-10-16(26-7-25-10)15(23)13(8)19(24)21-14(9)18-17(11)28-20(2,3)29-18/h5-6,11,14,17-18,23H,4,7H2,1-3H3,(H,21,24)/t11-,14+,17+,18-/m0/s1. The van der Waals surface area contributed by atoms with Gasteiger partial charge < -0.3 is 34.1 Å². The topological polar surface area (TPSA) is 113 Å². The number of phenolic OH excluding ortho intramolecular Hbond substituents is 1. The van der Waals surface area contributed by atoms with Crippen molar-refractivity contribution in [1.82, 2.24) is 5.32 Å². The number of aromatic hydroxyl groups is 1. The fourth-order valence-electron chi connectivity index (χ4n) is 4.33. The van der Waals surface area contributed by atoms with Crippen LogP contribution in [0.5, 0.6) is 17.2 Å². The molecular formula is C20H21NO8. The molecule has 0 saturated carbocycles. The van der Waals surface area contributed by atoms with Gasteiger partial charge in [-0.25, -0.2) is 0 Å². The van der Waals surface area contributed by atoms with Gasteiger partial charge in [-0.3, -0.25) is 9.59 Å². The number of ether oxygens (including phenoxy) is 5. The van der Waals surface area contributed by atoms with Crippen LogP contribution in [0.1, 0.15) is 43.1 Å². The molecule has 1 aliphatic carbocycles. The molecule has 0 spiro atoms. The first-order valence-corrected chi connectivity index (χ1v) is 9.52. The van der Waals surface area contributed by atoms with Crippen LogP contribution in [0.15, 0.2) is 12.1 Å². The van der Waals surface area contributed by atoms with Gasteiger partial charge in [0.25, 0.3) is 5.91 Å². The van der Waals surface area contributed by atoms with E-state index in [1.807, 2.05) is 0 Å². The zero-order valence-corrected chi connectivity index (χ0v) is 16.2. The molecule has 2 N–H and O–H groups in total. The Bertz CT molecular complexity index is 952. The largest absolute Gasteiger partial charge is 0.504 e. The summed E-state index contributed by atoms with van der Waals surface area (Å²) in [5.41, 5.74) is 1.25. The molecule has 1 amide bonds. The number of rotatable bonds is 2. The van der Waals surface area contributed by atoms with Gasteiger partial charge in [0, 0.05) is 12.0 Å². The summed E-state index contributed by atoms with van der Waals surface area (Å²) >= 11 is 0. The van der Waals surface area contributed by atoms with Crippen molar-refractivity contribution >= 4 is 17.4 Å². The summed E-state index contributed by atoms with van der Waals surface area (Å²) in [5.74, 6) is -1.51. The van der Waals surface area contributed by atoms with Gasteiger partial charge in [0.05, 0.1) is 11.6 Å². The number of amides is 1. The second kappa shape index (κ2) is 6.11. The molecule has 4 atom stereocenters. The lowest BCUT2D eigenvalue weighted by Crippen LogP contribution is -2.56. The summed E-state index contributed by atoms with van der Waals surface area (Å²) in [6.07, 6.45) is 0.139. The third-order valence-corrected chi connectivity index (χ3v) is 5.51. The summed E-state index contributed by atoms with van der Waals surface area (Å²) in [4.78, 5) is 24.8. The number of hydrogen-bond donors (Lipinski definition) is 2. The molecule has 1 aromatic rings. The molecular weight excluding hydrogens is 382 g/mol. The van der Waals surface area contributed by atoms with Crippen LogP contribution < -0.4 is 14.8 Å². The van der Waals surface area contributed by atoms with E-state index < -0.39 is 36.0 Å². The summed E-state index contributed by atoms with van der Waals surface area (Å²) in [5, 5.41) is 13.5. The number of fused-ring (bicyclic) bond motifs is 6. The van der Waals surface area contributed by atoms with Crippen molar-refractivity contribution in [3.8, 4) is 17.2 Å². The first-order chi connectivity index (χ1) is 13.8. The lowest BCUT2D eigenvalue weighted by atomic mass is 9.79. The summed E-state index contributed by atoms with van der Waals surface area (Å²) < 4.78 is 28.4. The molecule has 1 fully saturated rings. The average Bonchev–Trinajstić information content (AvgIpc) is 3.26. The number of benzene rings is 1. The molecule has 0 aromatic heterocycles. The molecule has 4 aliphatic rings. The van der Waals surface area contributed by atoms with Gasteiger partial charge in [0.2, 0.25) is 12.5 Å². The van der Waals surface area contributed by atoms with Gasteiger partial charge in [-0.1, -0.05) is 6.92 Å². The van der Waals surface area contributed by atoms with Gasteiger partial charge in [-0.2, -0.15) is 0 Å². The maximum atomic E-state index is 12.8. The van der Waals surface area contributed by atoms with E-state index in [1.54, 1.807) is 32.9 Å². The highest BCUT2D eigenvalue weighted by atomic mass is 16.8. The number of carbonyl (C=O) groups excluding carboxylic acids is 2. The van der Waals surface area contributed by atoms with E-state index in [0.717, 1.165) is 0 Å². The van der Waals surface area contributed by atoms with Crippen LogP contribution in [0, 0.1) is 0 Å². The van der Waals surface area contributed by atoms with E-state index in [4.69, 9.17) is 23.7 Å². The molecule has 29 heavy (non-hydrogen) atoms. The smallest absolute Gasteiger partial charge is 0.306 e. The lowest BCUT2D eigenvalue weighted by Gasteiger charge is -2.39. The monoisotopic (exact) mass is 403 g/mol. The van der Waals surface area contributed by atoms with Gasteiger partial charge in [-0.05, 0) is 31.6 Å². The zero-order valence-electron chi connectivity index (χ0n) is 16.2. The molecule has 0 radical (unpaired) electrons. The molecule has 1 saturated heterocycles. The second-order valence-corrected chi connectivity index (χ2v) is 7.83. The summed E-state index contributed by atoms with van der Waals surface area (Å²) in [6.45, 7) is 5.21.